The van der Waals surface area contributed by atoms with E-state index in [1.165, 1.54) is 11.5 Å². The fraction of sp³-hybridized carbons (Fsp3) is 0.643. The lowest BCUT2D eigenvalue weighted by Gasteiger charge is -2.33. The fourth-order valence-electron chi connectivity index (χ4n) is 2.41. The Bertz CT molecular complexity index is 581. The molecule has 7 heteroatoms. The maximum Gasteiger partial charge on any atom is 0.208 e. The molecule has 6 nitrogen and oxygen atoms in total. The van der Waals surface area contributed by atoms with Gasteiger partial charge in [-0.3, -0.25) is 4.90 Å². The van der Waals surface area contributed by atoms with Crippen molar-refractivity contribution in [2.75, 3.05) is 31.1 Å². The second kappa shape index (κ2) is 6.11. The summed E-state index contributed by atoms with van der Waals surface area (Å²) >= 11 is 1.51. The van der Waals surface area contributed by atoms with Gasteiger partial charge in [-0.2, -0.15) is 4.37 Å². The zero-order valence-corrected chi connectivity index (χ0v) is 13.6. The van der Waals surface area contributed by atoms with E-state index in [1.807, 2.05) is 13.8 Å². The third kappa shape index (κ3) is 3.24. The van der Waals surface area contributed by atoms with Crippen molar-refractivity contribution < 1.29 is 4.42 Å². The summed E-state index contributed by atoms with van der Waals surface area (Å²) < 4.78 is 10.0. The van der Waals surface area contributed by atoms with E-state index in [0.29, 0.717) is 0 Å². The number of rotatable bonds is 4. The first kappa shape index (κ1) is 14.5. The van der Waals surface area contributed by atoms with E-state index in [4.69, 9.17) is 4.42 Å². The molecule has 0 spiro atoms. The molecule has 2 aromatic rings. The molecule has 3 rings (SSSR count). The molecule has 114 valence electrons. The van der Waals surface area contributed by atoms with Crippen LogP contribution in [0.15, 0.2) is 4.42 Å². The van der Waals surface area contributed by atoms with Gasteiger partial charge in [0.2, 0.25) is 11.0 Å². The Labute approximate surface area is 129 Å². The van der Waals surface area contributed by atoms with Gasteiger partial charge in [0.1, 0.15) is 11.6 Å². The van der Waals surface area contributed by atoms with Gasteiger partial charge in [0.05, 0.1) is 12.2 Å². The Morgan fingerprint density at radius 3 is 2.48 bits per heavy atom. The smallest absolute Gasteiger partial charge is 0.208 e. The second-order valence-electron chi connectivity index (χ2n) is 5.36. The number of hydrogen-bond donors (Lipinski definition) is 0. The van der Waals surface area contributed by atoms with Crippen molar-refractivity contribution in [1.82, 2.24) is 19.2 Å². The summed E-state index contributed by atoms with van der Waals surface area (Å²) in [6.45, 7) is 10.8. The van der Waals surface area contributed by atoms with Gasteiger partial charge in [0, 0.05) is 44.1 Å². The van der Waals surface area contributed by atoms with Crippen molar-refractivity contribution in [2.24, 2.45) is 0 Å². The maximum atomic E-state index is 5.66. The first-order valence-corrected chi connectivity index (χ1v) is 8.16. The van der Waals surface area contributed by atoms with E-state index in [-0.39, 0.29) is 0 Å². The van der Waals surface area contributed by atoms with Crippen LogP contribution < -0.4 is 4.90 Å². The molecule has 0 aromatic carbocycles. The van der Waals surface area contributed by atoms with Crippen LogP contribution in [0.2, 0.25) is 0 Å². The molecule has 0 radical (unpaired) electrons. The van der Waals surface area contributed by atoms with Crippen LogP contribution in [-0.4, -0.2) is 45.4 Å². The zero-order chi connectivity index (χ0) is 14.8. The van der Waals surface area contributed by atoms with Crippen LogP contribution in [0.1, 0.15) is 30.1 Å². The molecule has 0 aliphatic carbocycles. The predicted octanol–water partition coefficient (Wildman–Crippen LogP) is 2.03. The van der Waals surface area contributed by atoms with E-state index in [0.717, 1.165) is 67.4 Å². The highest BCUT2D eigenvalue weighted by molar-refractivity contribution is 7.09. The van der Waals surface area contributed by atoms with Crippen LogP contribution in [0.25, 0.3) is 0 Å². The summed E-state index contributed by atoms with van der Waals surface area (Å²) in [5, 5.41) is 1.05. The van der Waals surface area contributed by atoms with Crippen molar-refractivity contribution in [3.05, 3.63) is 23.2 Å². The number of piperazine rings is 1. The molecule has 0 N–H and O–H groups in total. The third-order valence-electron chi connectivity index (χ3n) is 3.85. The lowest BCUT2D eigenvalue weighted by molar-refractivity contribution is 0.225. The minimum atomic E-state index is 0.791. The fourth-order valence-corrected chi connectivity index (χ4v) is 3.21. The van der Waals surface area contributed by atoms with Crippen LogP contribution in [0.4, 0.5) is 5.13 Å². The number of oxazole rings is 1. The molecule has 1 saturated heterocycles. The van der Waals surface area contributed by atoms with Crippen molar-refractivity contribution in [3.8, 4) is 0 Å². The van der Waals surface area contributed by atoms with Gasteiger partial charge in [-0.15, -0.1) is 0 Å². The summed E-state index contributed by atoms with van der Waals surface area (Å²) in [6.07, 6.45) is 0.902. The van der Waals surface area contributed by atoms with Gasteiger partial charge in [0.25, 0.3) is 0 Å². The van der Waals surface area contributed by atoms with Crippen LogP contribution >= 0.6 is 11.5 Å². The zero-order valence-electron chi connectivity index (χ0n) is 12.8. The van der Waals surface area contributed by atoms with Gasteiger partial charge < -0.3 is 9.32 Å². The average molecular weight is 307 g/mol. The Balaban J connectivity index is 1.55. The van der Waals surface area contributed by atoms with Crippen molar-refractivity contribution in [2.45, 2.75) is 33.7 Å². The Morgan fingerprint density at radius 2 is 1.90 bits per heavy atom. The molecule has 0 saturated carbocycles. The Morgan fingerprint density at radius 1 is 1.14 bits per heavy atom. The lowest BCUT2D eigenvalue weighted by atomic mass is 10.3. The molecule has 0 unspecified atom stereocenters. The predicted molar refractivity (Wildman–Crippen MR) is 82.8 cm³/mol. The molecule has 1 fully saturated rings. The van der Waals surface area contributed by atoms with Gasteiger partial charge in [0.15, 0.2) is 0 Å². The highest BCUT2D eigenvalue weighted by atomic mass is 32.1. The molecule has 1 aliphatic rings. The topological polar surface area (TPSA) is 58.3 Å². The number of hydrogen-bond acceptors (Lipinski definition) is 7. The largest absolute Gasteiger partial charge is 0.444 e. The van der Waals surface area contributed by atoms with E-state index in [2.05, 4.69) is 31.1 Å². The monoisotopic (exact) mass is 307 g/mol. The molecule has 0 bridgehead atoms. The van der Waals surface area contributed by atoms with E-state index >= 15 is 0 Å². The van der Waals surface area contributed by atoms with Crippen LogP contribution in [-0.2, 0) is 13.0 Å². The average Bonchev–Trinajstić information content (AvgIpc) is 3.07. The number of nitrogens with zero attached hydrogens (tertiary/aromatic N) is 5. The Hall–Kier alpha value is -1.47. The molecule has 1 aliphatic heterocycles. The second-order valence-corrected chi connectivity index (χ2v) is 6.09. The quantitative estimate of drug-likeness (QED) is 0.861. The van der Waals surface area contributed by atoms with Crippen molar-refractivity contribution >= 4 is 16.7 Å². The number of aryl methyl sites for hydroxylation is 3. The number of aromatic nitrogens is 3. The van der Waals surface area contributed by atoms with Gasteiger partial charge in [-0.25, -0.2) is 9.97 Å². The third-order valence-corrected chi connectivity index (χ3v) is 4.66. The molecular weight excluding hydrogens is 286 g/mol. The summed E-state index contributed by atoms with van der Waals surface area (Å²) in [5.74, 6) is 2.69. The lowest BCUT2D eigenvalue weighted by Crippen LogP contribution is -2.46. The number of anilines is 1. The molecule has 0 amide bonds. The normalized spacial score (nSPS) is 16.6. The van der Waals surface area contributed by atoms with E-state index in [9.17, 15) is 0 Å². The molecular formula is C14H21N5OS. The first-order valence-electron chi connectivity index (χ1n) is 7.38. The van der Waals surface area contributed by atoms with Crippen LogP contribution in [0.3, 0.4) is 0 Å². The molecule has 0 atom stereocenters. The maximum absolute atomic E-state index is 5.66. The molecule has 3 heterocycles. The van der Waals surface area contributed by atoms with Gasteiger partial charge in [-0.05, 0) is 13.8 Å². The van der Waals surface area contributed by atoms with E-state index < -0.39 is 0 Å². The summed E-state index contributed by atoms with van der Waals surface area (Å²) in [5.41, 5.74) is 0.990. The summed E-state index contributed by atoms with van der Waals surface area (Å²) in [4.78, 5) is 13.7. The standard InChI is InChI=1S/C14H21N5OS/c1-4-12-16-14(21-17-12)19-7-5-18(6-8-19)9-13-15-10(2)11(3)20-13/h4-9H2,1-3H3. The van der Waals surface area contributed by atoms with Gasteiger partial charge in [-0.1, -0.05) is 6.92 Å². The SMILES string of the molecule is CCc1nsc(N2CCN(Cc3nc(C)c(C)o3)CC2)n1. The highest BCUT2D eigenvalue weighted by Crippen LogP contribution is 2.20. The molecule has 21 heavy (non-hydrogen) atoms. The van der Waals surface area contributed by atoms with E-state index in [1.54, 1.807) is 0 Å². The minimum absolute atomic E-state index is 0.791. The van der Waals surface area contributed by atoms with Gasteiger partial charge >= 0.3 is 0 Å². The Kier molecular flexibility index (Phi) is 4.21. The summed E-state index contributed by atoms with van der Waals surface area (Å²) in [6, 6.07) is 0. The molecule has 2 aromatic heterocycles. The van der Waals surface area contributed by atoms with Crippen molar-refractivity contribution in [1.29, 1.82) is 0 Å². The van der Waals surface area contributed by atoms with Crippen LogP contribution in [0.5, 0.6) is 0 Å². The minimum Gasteiger partial charge on any atom is -0.444 e. The highest BCUT2D eigenvalue weighted by Gasteiger charge is 2.21. The first-order chi connectivity index (χ1) is 10.2. The summed E-state index contributed by atoms with van der Waals surface area (Å²) in [7, 11) is 0. The van der Waals surface area contributed by atoms with Crippen molar-refractivity contribution in [3.63, 3.8) is 0 Å². The van der Waals surface area contributed by atoms with Crippen LogP contribution in [0, 0.1) is 13.8 Å².